The summed E-state index contributed by atoms with van der Waals surface area (Å²) in [7, 11) is -1.24. The summed E-state index contributed by atoms with van der Waals surface area (Å²) in [6.07, 6.45) is 4.72. The van der Waals surface area contributed by atoms with E-state index in [0.717, 1.165) is 16.5 Å². The quantitative estimate of drug-likeness (QED) is 0.704. The summed E-state index contributed by atoms with van der Waals surface area (Å²) in [5.41, 5.74) is 2.36. The van der Waals surface area contributed by atoms with Gasteiger partial charge in [0.15, 0.2) is 0 Å². The van der Waals surface area contributed by atoms with Gasteiger partial charge < -0.3 is 4.42 Å². The second-order valence-electron chi connectivity index (χ2n) is 3.75. The highest BCUT2D eigenvalue weighted by atomic mass is 32.2. The molecule has 1 aromatic carbocycles. The number of benzene rings is 1. The number of nitrogens with zero attached hydrogens (tertiary/aromatic N) is 3. The molecule has 1 unspecified atom stereocenters. The molecule has 2 heterocycles. The molecule has 18 heavy (non-hydrogen) atoms. The third-order valence-electron chi connectivity index (χ3n) is 2.54. The van der Waals surface area contributed by atoms with Gasteiger partial charge in [0.2, 0.25) is 5.16 Å². The summed E-state index contributed by atoms with van der Waals surface area (Å²) >= 11 is 0. The normalized spacial score (nSPS) is 12.7. The van der Waals surface area contributed by atoms with Crippen LogP contribution in [0.25, 0.3) is 22.2 Å². The first-order chi connectivity index (χ1) is 8.74. The van der Waals surface area contributed by atoms with Gasteiger partial charge in [-0.15, -0.1) is 5.10 Å². The van der Waals surface area contributed by atoms with Crippen molar-refractivity contribution in [1.29, 1.82) is 0 Å². The summed E-state index contributed by atoms with van der Waals surface area (Å²) in [6, 6.07) is 7.59. The predicted octanol–water partition coefficient (Wildman–Crippen LogP) is 2.02. The van der Waals surface area contributed by atoms with Gasteiger partial charge in [-0.25, -0.2) is 4.98 Å². The molecule has 0 N–H and O–H groups in total. The summed E-state index contributed by atoms with van der Waals surface area (Å²) in [4.78, 5) is 4.23. The Morgan fingerprint density at radius 1 is 1.28 bits per heavy atom. The van der Waals surface area contributed by atoms with E-state index >= 15 is 0 Å². The van der Waals surface area contributed by atoms with Crippen LogP contribution in [0.2, 0.25) is 0 Å². The molecule has 3 rings (SSSR count). The van der Waals surface area contributed by atoms with E-state index in [1.807, 2.05) is 24.3 Å². The highest BCUT2D eigenvalue weighted by Crippen LogP contribution is 2.23. The average Bonchev–Trinajstić information content (AvgIpc) is 2.86. The van der Waals surface area contributed by atoms with Crippen LogP contribution >= 0.6 is 0 Å². The third-order valence-corrected chi connectivity index (χ3v) is 3.23. The fraction of sp³-hybridized carbons (Fsp3) is 0.0833. The van der Waals surface area contributed by atoms with Crippen molar-refractivity contribution in [2.45, 2.75) is 5.16 Å². The van der Waals surface area contributed by atoms with Crippen molar-refractivity contribution in [2.24, 2.45) is 0 Å². The van der Waals surface area contributed by atoms with Crippen LogP contribution in [-0.4, -0.2) is 25.6 Å². The third kappa shape index (κ3) is 1.91. The zero-order valence-electron chi connectivity index (χ0n) is 9.53. The van der Waals surface area contributed by atoms with Crippen LogP contribution in [0, 0.1) is 0 Å². The molecule has 5 nitrogen and oxygen atoms in total. The number of aromatic nitrogens is 3. The van der Waals surface area contributed by atoms with E-state index in [1.54, 1.807) is 12.5 Å². The van der Waals surface area contributed by atoms with Crippen molar-refractivity contribution in [3.63, 3.8) is 0 Å². The van der Waals surface area contributed by atoms with Crippen LogP contribution < -0.4 is 0 Å². The number of hydrogen-bond donors (Lipinski definition) is 0. The van der Waals surface area contributed by atoms with Crippen LogP contribution in [0.4, 0.5) is 0 Å². The molecule has 0 fully saturated rings. The Morgan fingerprint density at radius 3 is 3.00 bits per heavy atom. The van der Waals surface area contributed by atoms with E-state index < -0.39 is 10.8 Å². The minimum absolute atomic E-state index is 0.236. The minimum Gasteiger partial charge on any atom is -0.464 e. The van der Waals surface area contributed by atoms with E-state index in [9.17, 15) is 4.21 Å². The van der Waals surface area contributed by atoms with E-state index in [2.05, 4.69) is 15.2 Å². The maximum Gasteiger partial charge on any atom is 0.239 e. The Labute approximate surface area is 105 Å². The molecule has 0 radical (unpaired) electrons. The fourth-order valence-electron chi connectivity index (χ4n) is 1.67. The van der Waals surface area contributed by atoms with Gasteiger partial charge in [-0.05, 0) is 24.3 Å². The molecule has 0 aliphatic carbocycles. The monoisotopic (exact) mass is 259 g/mol. The Hall–Kier alpha value is -2.08. The summed E-state index contributed by atoms with van der Waals surface area (Å²) < 4.78 is 16.6. The second-order valence-corrected chi connectivity index (χ2v) is 5.02. The molecule has 0 amide bonds. The van der Waals surface area contributed by atoms with Gasteiger partial charge in [0.25, 0.3) is 0 Å². The van der Waals surface area contributed by atoms with Crippen LogP contribution in [-0.2, 0) is 10.8 Å². The van der Waals surface area contributed by atoms with Gasteiger partial charge in [0, 0.05) is 17.2 Å². The molecule has 0 aliphatic heterocycles. The van der Waals surface area contributed by atoms with E-state index in [1.165, 1.54) is 6.26 Å². The largest absolute Gasteiger partial charge is 0.464 e. The Bertz CT molecular complexity index is 739. The van der Waals surface area contributed by atoms with Gasteiger partial charge in [-0.1, -0.05) is 0 Å². The minimum atomic E-state index is -1.24. The van der Waals surface area contributed by atoms with Crippen LogP contribution in [0.1, 0.15) is 0 Å². The van der Waals surface area contributed by atoms with Crippen molar-refractivity contribution in [1.82, 2.24) is 15.2 Å². The lowest BCUT2D eigenvalue weighted by molar-refractivity contribution is 0.616. The summed E-state index contributed by atoms with van der Waals surface area (Å²) in [5, 5.41) is 8.78. The zero-order valence-corrected chi connectivity index (χ0v) is 10.3. The highest BCUT2D eigenvalue weighted by molar-refractivity contribution is 7.84. The molecular weight excluding hydrogens is 250 g/mol. The van der Waals surface area contributed by atoms with Crippen molar-refractivity contribution < 1.29 is 8.63 Å². The lowest BCUT2D eigenvalue weighted by Crippen LogP contribution is -2.00. The summed E-state index contributed by atoms with van der Waals surface area (Å²) in [5.74, 6) is 0. The first kappa shape index (κ1) is 11.0. The first-order valence-electron chi connectivity index (χ1n) is 5.25. The molecule has 0 spiro atoms. The molecule has 0 saturated heterocycles. The molecule has 6 heteroatoms. The van der Waals surface area contributed by atoms with E-state index in [-0.39, 0.29) is 5.16 Å². The standard InChI is InChI=1S/C12H9N3O2S/c1-18(16)12-14-10(7-13-15-12)8-2-3-11-9(6-8)4-5-17-11/h2-7H,1H3. The SMILES string of the molecule is CS(=O)c1nncc(-c2ccc3occc3c2)n1. The molecule has 90 valence electrons. The van der Waals surface area contributed by atoms with Crippen molar-refractivity contribution in [3.8, 4) is 11.3 Å². The van der Waals surface area contributed by atoms with Crippen LogP contribution in [0.3, 0.4) is 0 Å². The molecule has 2 aromatic heterocycles. The molecular formula is C12H9N3O2S. The fourth-order valence-corrected chi connectivity index (χ4v) is 2.06. The molecule has 0 bridgehead atoms. The average molecular weight is 259 g/mol. The molecule has 0 aliphatic rings. The molecule has 0 saturated carbocycles. The lowest BCUT2D eigenvalue weighted by atomic mass is 10.1. The van der Waals surface area contributed by atoms with Gasteiger partial charge in [0.1, 0.15) is 5.58 Å². The van der Waals surface area contributed by atoms with Crippen molar-refractivity contribution in [2.75, 3.05) is 6.26 Å². The lowest BCUT2D eigenvalue weighted by Gasteiger charge is -2.01. The van der Waals surface area contributed by atoms with Gasteiger partial charge in [0.05, 0.1) is 29.0 Å². The maximum absolute atomic E-state index is 11.3. The smallest absolute Gasteiger partial charge is 0.239 e. The summed E-state index contributed by atoms with van der Waals surface area (Å²) in [6.45, 7) is 0. The van der Waals surface area contributed by atoms with Gasteiger partial charge >= 0.3 is 0 Å². The number of furan rings is 1. The number of rotatable bonds is 2. The van der Waals surface area contributed by atoms with E-state index in [0.29, 0.717) is 5.69 Å². The molecule has 1 atom stereocenters. The molecule has 3 aromatic rings. The topological polar surface area (TPSA) is 68.9 Å². The van der Waals surface area contributed by atoms with Crippen molar-refractivity contribution in [3.05, 3.63) is 36.7 Å². The Balaban J connectivity index is 2.13. The maximum atomic E-state index is 11.3. The Morgan fingerprint density at radius 2 is 2.17 bits per heavy atom. The first-order valence-corrected chi connectivity index (χ1v) is 6.80. The van der Waals surface area contributed by atoms with Gasteiger partial charge in [-0.3, -0.25) is 4.21 Å². The van der Waals surface area contributed by atoms with Crippen LogP contribution in [0.15, 0.2) is 46.3 Å². The van der Waals surface area contributed by atoms with Gasteiger partial charge in [-0.2, -0.15) is 5.10 Å². The van der Waals surface area contributed by atoms with Crippen LogP contribution in [0.5, 0.6) is 0 Å². The second kappa shape index (κ2) is 4.30. The highest BCUT2D eigenvalue weighted by Gasteiger charge is 2.07. The van der Waals surface area contributed by atoms with Crippen molar-refractivity contribution >= 4 is 21.8 Å². The Kier molecular flexibility index (Phi) is 2.64. The van der Waals surface area contributed by atoms with E-state index in [4.69, 9.17) is 4.42 Å². The number of fused-ring (bicyclic) bond motifs is 1. The predicted molar refractivity (Wildman–Crippen MR) is 67.4 cm³/mol. The number of hydrogen-bond acceptors (Lipinski definition) is 5. The zero-order chi connectivity index (χ0) is 12.5.